The summed E-state index contributed by atoms with van der Waals surface area (Å²) in [5.41, 5.74) is 0.441. The van der Waals surface area contributed by atoms with E-state index >= 15 is 0 Å². The van der Waals surface area contributed by atoms with Gasteiger partial charge in [-0.05, 0) is 46.9 Å². The predicted molar refractivity (Wildman–Crippen MR) is 72.2 cm³/mol. The van der Waals surface area contributed by atoms with Crippen molar-refractivity contribution in [2.45, 2.75) is 18.6 Å². The van der Waals surface area contributed by atoms with Gasteiger partial charge in [0.05, 0.1) is 6.10 Å². The number of likely N-dealkylation sites (tertiary alicyclic amines) is 1. The van der Waals surface area contributed by atoms with E-state index in [0.717, 1.165) is 3.57 Å². The lowest BCUT2D eigenvalue weighted by Crippen LogP contribution is -2.40. The number of aliphatic hydroxyl groups is 1. The molecule has 1 aliphatic heterocycles. The van der Waals surface area contributed by atoms with E-state index < -0.39 is 18.1 Å². The van der Waals surface area contributed by atoms with Gasteiger partial charge in [0.1, 0.15) is 6.04 Å². The summed E-state index contributed by atoms with van der Waals surface area (Å²) in [4.78, 5) is 24.4. The zero-order valence-corrected chi connectivity index (χ0v) is 11.6. The van der Waals surface area contributed by atoms with Gasteiger partial charge < -0.3 is 15.1 Å². The maximum atomic E-state index is 12.2. The third-order valence-electron chi connectivity index (χ3n) is 2.92. The second-order valence-electron chi connectivity index (χ2n) is 4.21. The van der Waals surface area contributed by atoms with Gasteiger partial charge >= 0.3 is 5.97 Å². The second-order valence-corrected chi connectivity index (χ2v) is 5.45. The van der Waals surface area contributed by atoms with Gasteiger partial charge in [-0.15, -0.1) is 0 Å². The van der Waals surface area contributed by atoms with Crippen molar-refractivity contribution in [2.75, 3.05) is 6.54 Å². The second kappa shape index (κ2) is 5.23. The minimum atomic E-state index is -1.08. The van der Waals surface area contributed by atoms with Crippen molar-refractivity contribution in [2.24, 2.45) is 0 Å². The molecule has 96 valence electrons. The summed E-state index contributed by atoms with van der Waals surface area (Å²) in [6.07, 6.45) is -0.676. The van der Waals surface area contributed by atoms with E-state index in [1.165, 1.54) is 4.90 Å². The van der Waals surface area contributed by atoms with Crippen LogP contribution >= 0.6 is 22.6 Å². The number of halogens is 1. The molecule has 1 aromatic carbocycles. The first-order valence-corrected chi connectivity index (χ1v) is 6.54. The number of carboxylic acids is 1. The van der Waals surface area contributed by atoms with E-state index in [2.05, 4.69) is 22.6 Å². The largest absolute Gasteiger partial charge is 0.480 e. The van der Waals surface area contributed by atoms with Gasteiger partial charge in [-0.1, -0.05) is 0 Å². The van der Waals surface area contributed by atoms with Crippen molar-refractivity contribution in [1.29, 1.82) is 0 Å². The lowest BCUT2D eigenvalue weighted by Gasteiger charge is -2.21. The summed E-state index contributed by atoms with van der Waals surface area (Å²) in [6, 6.07) is 5.96. The number of nitrogens with zero attached hydrogens (tertiary/aromatic N) is 1. The Labute approximate surface area is 118 Å². The lowest BCUT2D eigenvalue weighted by molar-refractivity contribution is -0.141. The van der Waals surface area contributed by atoms with Gasteiger partial charge in [-0.25, -0.2) is 4.79 Å². The summed E-state index contributed by atoms with van der Waals surface area (Å²) in [7, 11) is 0. The van der Waals surface area contributed by atoms with E-state index in [4.69, 9.17) is 5.11 Å². The first-order valence-electron chi connectivity index (χ1n) is 5.46. The molecule has 0 aromatic heterocycles. The number of carbonyl (C=O) groups excluding carboxylic acids is 1. The molecule has 2 atom stereocenters. The van der Waals surface area contributed by atoms with Crippen molar-refractivity contribution in [3.05, 3.63) is 33.4 Å². The quantitative estimate of drug-likeness (QED) is 0.769. The number of hydrogen-bond acceptors (Lipinski definition) is 3. The molecule has 1 aliphatic rings. The first kappa shape index (κ1) is 13.3. The number of amides is 1. The third-order valence-corrected chi connectivity index (χ3v) is 3.64. The molecule has 1 saturated heterocycles. The fourth-order valence-electron chi connectivity index (χ4n) is 2.03. The van der Waals surface area contributed by atoms with Crippen LogP contribution in [0.5, 0.6) is 0 Å². The topological polar surface area (TPSA) is 77.8 Å². The first-order chi connectivity index (χ1) is 8.49. The fourth-order valence-corrected chi connectivity index (χ4v) is 2.39. The number of aliphatic carboxylic acids is 1. The molecular formula is C12H12INO4. The standard InChI is InChI=1S/C12H12INO4/c13-8-3-1-7(2-4-8)11(16)14-6-9(15)5-10(14)12(17)18/h1-4,9-10,15H,5-6H2,(H,17,18)/t9?,10-/m0/s1. The van der Waals surface area contributed by atoms with E-state index in [9.17, 15) is 14.7 Å². The van der Waals surface area contributed by atoms with Crippen LogP contribution in [-0.4, -0.2) is 45.7 Å². The number of β-amino-alcohol motifs (C(OH)–C–C–N with tert-alkyl or cyclic N) is 1. The summed E-state index contributed by atoms with van der Waals surface area (Å²) in [5, 5.41) is 18.5. The van der Waals surface area contributed by atoms with Gasteiger partial charge in [-0.2, -0.15) is 0 Å². The molecule has 0 spiro atoms. The molecule has 2 rings (SSSR count). The van der Waals surface area contributed by atoms with Crippen LogP contribution in [0.2, 0.25) is 0 Å². The SMILES string of the molecule is O=C(O)[C@@H]1CC(O)CN1C(=O)c1ccc(I)cc1. The molecule has 2 N–H and O–H groups in total. The van der Waals surface area contributed by atoms with Crippen LogP contribution in [0.25, 0.3) is 0 Å². The third kappa shape index (κ3) is 2.64. The normalized spacial score (nSPS) is 23.1. The molecule has 5 nitrogen and oxygen atoms in total. The van der Waals surface area contributed by atoms with Gasteiger partial charge in [0.25, 0.3) is 5.91 Å². The van der Waals surface area contributed by atoms with E-state index in [1.54, 1.807) is 24.3 Å². The Morgan fingerprint density at radius 3 is 2.44 bits per heavy atom. The maximum absolute atomic E-state index is 12.2. The van der Waals surface area contributed by atoms with Crippen LogP contribution in [-0.2, 0) is 4.79 Å². The smallest absolute Gasteiger partial charge is 0.326 e. The Balaban J connectivity index is 2.22. The van der Waals surface area contributed by atoms with Crippen LogP contribution < -0.4 is 0 Å². The predicted octanol–water partition coefficient (Wildman–Crippen LogP) is 0.951. The highest BCUT2D eigenvalue weighted by atomic mass is 127. The van der Waals surface area contributed by atoms with Crippen LogP contribution in [0.15, 0.2) is 24.3 Å². The number of carbonyl (C=O) groups is 2. The highest BCUT2D eigenvalue weighted by Crippen LogP contribution is 2.21. The molecule has 1 amide bonds. The van der Waals surface area contributed by atoms with Gasteiger partial charge in [0, 0.05) is 22.1 Å². The number of benzene rings is 1. The molecule has 18 heavy (non-hydrogen) atoms. The maximum Gasteiger partial charge on any atom is 0.326 e. The number of hydrogen-bond donors (Lipinski definition) is 2. The van der Waals surface area contributed by atoms with Crippen molar-refractivity contribution in [1.82, 2.24) is 4.90 Å². The average molecular weight is 361 g/mol. The molecule has 0 radical (unpaired) electrons. The number of carboxylic acid groups (broad SMARTS) is 1. The van der Waals surface area contributed by atoms with Gasteiger partial charge in [-0.3, -0.25) is 4.79 Å². The lowest BCUT2D eigenvalue weighted by atomic mass is 10.1. The van der Waals surface area contributed by atoms with Crippen LogP contribution in [0, 0.1) is 3.57 Å². The van der Waals surface area contributed by atoms with Gasteiger partial charge in [0.15, 0.2) is 0 Å². The van der Waals surface area contributed by atoms with Crippen LogP contribution in [0.4, 0.5) is 0 Å². The van der Waals surface area contributed by atoms with Crippen LogP contribution in [0.1, 0.15) is 16.8 Å². The van der Waals surface area contributed by atoms with E-state index in [-0.39, 0.29) is 18.9 Å². The summed E-state index contributed by atoms with van der Waals surface area (Å²) in [6.45, 7) is 0.0712. The summed E-state index contributed by atoms with van der Waals surface area (Å²) >= 11 is 2.13. The summed E-state index contributed by atoms with van der Waals surface area (Å²) < 4.78 is 1.00. The Kier molecular flexibility index (Phi) is 3.86. The molecule has 1 aromatic rings. The van der Waals surface area contributed by atoms with E-state index in [0.29, 0.717) is 5.56 Å². The molecule has 0 bridgehead atoms. The zero-order chi connectivity index (χ0) is 13.3. The van der Waals surface area contributed by atoms with Crippen molar-refractivity contribution >= 4 is 34.5 Å². The molecule has 0 aliphatic carbocycles. The van der Waals surface area contributed by atoms with E-state index in [1.807, 2.05) is 0 Å². The average Bonchev–Trinajstić information content (AvgIpc) is 2.71. The Morgan fingerprint density at radius 1 is 1.28 bits per heavy atom. The van der Waals surface area contributed by atoms with Crippen molar-refractivity contribution < 1.29 is 19.8 Å². The Bertz CT molecular complexity index is 473. The minimum Gasteiger partial charge on any atom is -0.480 e. The molecular weight excluding hydrogens is 349 g/mol. The number of rotatable bonds is 2. The molecule has 1 fully saturated rings. The molecule has 1 heterocycles. The Hall–Kier alpha value is -1.15. The van der Waals surface area contributed by atoms with Crippen molar-refractivity contribution in [3.8, 4) is 0 Å². The van der Waals surface area contributed by atoms with Crippen molar-refractivity contribution in [3.63, 3.8) is 0 Å². The minimum absolute atomic E-state index is 0.0712. The molecule has 0 saturated carbocycles. The highest BCUT2D eigenvalue weighted by Gasteiger charge is 2.39. The Morgan fingerprint density at radius 2 is 1.89 bits per heavy atom. The molecule has 6 heteroatoms. The van der Waals surface area contributed by atoms with Gasteiger partial charge in [0.2, 0.25) is 0 Å². The monoisotopic (exact) mass is 361 g/mol. The highest BCUT2D eigenvalue weighted by molar-refractivity contribution is 14.1. The summed E-state index contributed by atoms with van der Waals surface area (Å²) in [5.74, 6) is -1.43. The molecule has 1 unspecified atom stereocenters. The fraction of sp³-hybridized carbons (Fsp3) is 0.333. The van der Waals surface area contributed by atoms with Crippen LogP contribution in [0.3, 0.4) is 0 Å². The zero-order valence-electron chi connectivity index (χ0n) is 9.41. The number of aliphatic hydroxyl groups excluding tert-OH is 1.